The number of fused-ring (bicyclic) bond motifs is 2. The van der Waals surface area contributed by atoms with Crippen molar-refractivity contribution in [2.75, 3.05) is 4.90 Å². The fraction of sp³-hybridized carbons (Fsp3) is 0.0769. The summed E-state index contributed by atoms with van der Waals surface area (Å²) in [5, 5.41) is 3.41. The van der Waals surface area contributed by atoms with E-state index in [0.29, 0.717) is 12.1 Å². The van der Waals surface area contributed by atoms with E-state index in [1.165, 1.54) is 16.3 Å². The largest absolute Gasteiger partial charge is 0.313 e. The Morgan fingerprint density at radius 1 is 0.867 bits per heavy atom. The van der Waals surface area contributed by atoms with Gasteiger partial charge in [0.1, 0.15) is 0 Å². The van der Waals surface area contributed by atoms with Crippen LogP contribution in [0.15, 0.2) is 91.0 Å². The van der Waals surface area contributed by atoms with E-state index in [9.17, 15) is 4.79 Å². The SMILES string of the molecule is CC(=O)c1ccc(N(Cc2cccc3ccccc23)c2nc3ccccc3s2)cc1. The second-order valence-electron chi connectivity index (χ2n) is 7.29. The van der Waals surface area contributed by atoms with E-state index in [1.807, 2.05) is 42.5 Å². The van der Waals surface area contributed by atoms with Crippen molar-refractivity contribution in [3.8, 4) is 0 Å². The van der Waals surface area contributed by atoms with Crippen molar-refractivity contribution >= 4 is 48.9 Å². The number of ketones is 1. The van der Waals surface area contributed by atoms with Gasteiger partial charge in [0.15, 0.2) is 10.9 Å². The highest BCUT2D eigenvalue weighted by atomic mass is 32.1. The van der Waals surface area contributed by atoms with Gasteiger partial charge in [0.25, 0.3) is 0 Å². The van der Waals surface area contributed by atoms with Crippen LogP contribution in [0, 0.1) is 0 Å². The summed E-state index contributed by atoms with van der Waals surface area (Å²) >= 11 is 1.68. The first-order valence-electron chi connectivity index (χ1n) is 9.90. The molecule has 0 atom stereocenters. The number of hydrogen-bond acceptors (Lipinski definition) is 4. The van der Waals surface area contributed by atoms with Crippen molar-refractivity contribution in [2.45, 2.75) is 13.5 Å². The van der Waals surface area contributed by atoms with Gasteiger partial charge in [-0.2, -0.15) is 0 Å². The van der Waals surface area contributed by atoms with Gasteiger partial charge in [-0.25, -0.2) is 4.98 Å². The van der Waals surface area contributed by atoms with Crippen LogP contribution in [0.4, 0.5) is 10.8 Å². The van der Waals surface area contributed by atoms with Crippen LogP contribution in [0.25, 0.3) is 21.0 Å². The molecule has 3 nitrogen and oxygen atoms in total. The molecule has 30 heavy (non-hydrogen) atoms. The Labute approximate surface area is 179 Å². The monoisotopic (exact) mass is 408 g/mol. The number of rotatable bonds is 5. The van der Waals surface area contributed by atoms with Crippen molar-refractivity contribution in [2.24, 2.45) is 0 Å². The van der Waals surface area contributed by atoms with E-state index in [-0.39, 0.29) is 5.78 Å². The summed E-state index contributed by atoms with van der Waals surface area (Å²) < 4.78 is 1.16. The number of aromatic nitrogens is 1. The van der Waals surface area contributed by atoms with E-state index in [2.05, 4.69) is 53.4 Å². The maximum atomic E-state index is 11.7. The number of hydrogen-bond donors (Lipinski definition) is 0. The van der Waals surface area contributed by atoms with E-state index in [4.69, 9.17) is 4.98 Å². The van der Waals surface area contributed by atoms with Crippen molar-refractivity contribution in [1.29, 1.82) is 0 Å². The third-order valence-corrected chi connectivity index (χ3v) is 6.37. The Morgan fingerprint density at radius 3 is 2.40 bits per heavy atom. The van der Waals surface area contributed by atoms with Crippen molar-refractivity contribution in [3.63, 3.8) is 0 Å². The zero-order valence-electron chi connectivity index (χ0n) is 16.6. The Kier molecular flexibility index (Phi) is 4.77. The topological polar surface area (TPSA) is 33.2 Å². The molecular formula is C26H20N2OS. The molecule has 1 heterocycles. The van der Waals surface area contributed by atoms with Gasteiger partial charge in [-0.05, 0) is 59.7 Å². The van der Waals surface area contributed by atoms with Crippen molar-refractivity contribution < 1.29 is 4.79 Å². The molecule has 0 aliphatic heterocycles. The highest BCUT2D eigenvalue weighted by molar-refractivity contribution is 7.22. The normalized spacial score (nSPS) is 11.1. The number of thiazole rings is 1. The molecule has 0 spiro atoms. The second-order valence-corrected chi connectivity index (χ2v) is 8.30. The highest BCUT2D eigenvalue weighted by Crippen LogP contribution is 2.35. The lowest BCUT2D eigenvalue weighted by Crippen LogP contribution is -2.16. The number of anilines is 2. The molecule has 0 saturated carbocycles. The lowest BCUT2D eigenvalue weighted by atomic mass is 10.0. The lowest BCUT2D eigenvalue weighted by Gasteiger charge is -2.23. The average Bonchev–Trinajstić information content (AvgIpc) is 3.21. The Bertz CT molecular complexity index is 1320. The number of benzene rings is 4. The number of carbonyl (C=O) groups is 1. The van der Waals surface area contributed by atoms with Crippen LogP contribution in [0.3, 0.4) is 0 Å². The molecular weight excluding hydrogens is 388 g/mol. The molecule has 0 aliphatic carbocycles. The molecule has 146 valence electrons. The molecule has 0 bridgehead atoms. The Morgan fingerprint density at radius 2 is 1.60 bits per heavy atom. The van der Waals surface area contributed by atoms with Crippen LogP contribution in [0.1, 0.15) is 22.8 Å². The van der Waals surface area contributed by atoms with Gasteiger partial charge < -0.3 is 4.90 Å². The summed E-state index contributed by atoms with van der Waals surface area (Å²) in [6, 6.07) is 30.9. The molecule has 1 aromatic heterocycles. The number of Topliss-reactive ketones (excluding diaryl/α,β-unsaturated/α-hetero) is 1. The quantitative estimate of drug-likeness (QED) is 0.294. The Balaban J connectivity index is 1.62. The lowest BCUT2D eigenvalue weighted by molar-refractivity contribution is 0.101. The molecule has 0 unspecified atom stereocenters. The zero-order valence-corrected chi connectivity index (χ0v) is 17.4. The first-order chi connectivity index (χ1) is 14.7. The summed E-state index contributed by atoms with van der Waals surface area (Å²) in [7, 11) is 0. The molecule has 5 aromatic rings. The number of carbonyl (C=O) groups excluding carboxylic acids is 1. The molecule has 0 fully saturated rings. The van der Waals surface area contributed by atoms with Gasteiger partial charge >= 0.3 is 0 Å². The second kappa shape index (κ2) is 7.73. The fourth-order valence-electron chi connectivity index (χ4n) is 3.72. The molecule has 4 heteroatoms. The van der Waals surface area contributed by atoms with Crippen LogP contribution in [-0.2, 0) is 6.54 Å². The van der Waals surface area contributed by atoms with Crippen LogP contribution in [-0.4, -0.2) is 10.8 Å². The summed E-state index contributed by atoms with van der Waals surface area (Å²) in [6.07, 6.45) is 0. The average molecular weight is 409 g/mol. The first kappa shape index (κ1) is 18.5. The van der Waals surface area contributed by atoms with E-state index in [1.54, 1.807) is 18.3 Å². The zero-order chi connectivity index (χ0) is 20.5. The van der Waals surface area contributed by atoms with Gasteiger partial charge in [0.2, 0.25) is 0 Å². The molecule has 0 amide bonds. The summed E-state index contributed by atoms with van der Waals surface area (Å²) in [5.41, 5.74) is 3.98. The van der Waals surface area contributed by atoms with Crippen molar-refractivity contribution in [1.82, 2.24) is 4.98 Å². The molecule has 0 saturated heterocycles. The minimum Gasteiger partial charge on any atom is -0.313 e. The third-order valence-electron chi connectivity index (χ3n) is 5.31. The van der Waals surface area contributed by atoms with Gasteiger partial charge in [0.05, 0.1) is 16.8 Å². The maximum absolute atomic E-state index is 11.7. The van der Waals surface area contributed by atoms with Gasteiger partial charge in [-0.1, -0.05) is 65.9 Å². The maximum Gasteiger partial charge on any atom is 0.191 e. The predicted molar refractivity (Wildman–Crippen MR) is 126 cm³/mol. The molecule has 0 radical (unpaired) electrons. The molecule has 0 N–H and O–H groups in total. The highest BCUT2D eigenvalue weighted by Gasteiger charge is 2.16. The summed E-state index contributed by atoms with van der Waals surface area (Å²) in [5.74, 6) is 0.0714. The third kappa shape index (κ3) is 3.46. The van der Waals surface area contributed by atoms with Crippen LogP contribution < -0.4 is 4.90 Å². The fourth-order valence-corrected chi connectivity index (χ4v) is 4.71. The van der Waals surface area contributed by atoms with Crippen LogP contribution in [0.5, 0.6) is 0 Å². The molecule has 5 rings (SSSR count). The number of para-hydroxylation sites is 1. The molecule has 0 aliphatic rings. The minimum atomic E-state index is 0.0714. The summed E-state index contributed by atoms with van der Waals surface area (Å²) in [6.45, 7) is 2.29. The van der Waals surface area contributed by atoms with Crippen LogP contribution in [0.2, 0.25) is 0 Å². The van der Waals surface area contributed by atoms with Crippen molar-refractivity contribution in [3.05, 3.63) is 102 Å². The van der Waals surface area contributed by atoms with E-state index < -0.39 is 0 Å². The smallest absolute Gasteiger partial charge is 0.191 e. The van der Waals surface area contributed by atoms with E-state index in [0.717, 1.165) is 21.0 Å². The standard InChI is InChI=1S/C26H20N2OS/c1-18(29)19-13-15-22(16-14-19)28(26-27-24-11-4-5-12-25(24)30-26)17-21-9-6-8-20-7-2-3-10-23(20)21/h2-16H,17H2,1H3. The summed E-state index contributed by atoms with van der Waals surface area (Å²) in [4.78, 5) is 18.9. The molecule has 4 aromatic carbocycles. The van der Waals surface area contributed by atoms with Gasteiger partial charge in [-0.15, -0.1) is 0 Å². The number of nitrogens with zero attached hydrogens (tertiary/aromatic N) is 2. The first-order valence-corrected chi connectivity index (χ1v) is 10.7. The minimum absolute atomic E-state index is 0.0714. The van der Waals surface area contributed by atoms with Crippen LogP contribution >= 0.6 is 11.3 Å². The Hall–Kier alpha value is -3.50. The van der Waals surface area contributed by atoms with Gasteiger partial charge in [-0.3, -0.25) is 4.79 Å². The van der Waals surface area contributed by atoms with E-state index >= 15 is 0 Å². The van der Waals surface area contributed by atoms with Gasteiger partial charge in [0, 0.05) is 11.3 Å². The predicted octanol–water partition coefficient (Wildman–Crippen LogP) is 6.99.